The van der Waals surface area contributed by atoms with Gasteiger partial charge in [0.15, 0.2) is 0 Å². The van der Waals surface area contributed by atoms with Crippen LogP contribution in [0.4, 0.5) is 0 Å². The Bertz CT molecular complexity index is 597. The Labute approximate surface area is 128 Å². The first-order valence-corrected chi connectivity index (χ1v) is 7.91. The normalized spacial score (nSPS) is 16.9. The van der Waals surface area contributed by atoms with Gasteiger partial charge in [0.25, 0.3) is 0 Å². The monoisotopic (exact) mass is 333 g/mol. The minimum atomic E-state index is 0.215. The Balaban J connectivity index is 1.96. The van der Waals surface area contributed by atoms with Crippen molar-refractivity contribution in [3.05, 3.63) is 40.3 Å². The molecule has 1 aromatic carbocycles. The van der Waals surface area contributed by atoms with Gasteiger partial charge in [-0.05, 0) is 38.9 Å². The van der Waals surface area contributed by atoms with Crippen LogP contribution in [0.3, 0.4) is 0 Å². The molecule has 0 saturated heterocycles. The summed E-state index contributed by atoms with van der Waals surface area (Å²) in [5, 5.41) is 3.32. The molecule has 0 aliphatic heterocycles. The Morgan fingerprint density at radius 3 is 2.55 bits per heavy atom. The number of nitrogens with zero attached hydrogens (tertiary/aromatic N) is 1. The lowest BCUT2D eigenvalue weighted by molar-refractivity contribution is 0.226. The van der Waals surface area contributed by atoms with E-state index < -0.39 is 0 Å². The standard InChI is InChI=1S/C16H20BrN3/c1-11-14(12-4-6-13(17)7-5-12)20-15(19-11)16(10-18-2)8-3-9-16/h4-7,18H,3,8-10H2,1-2H3,(H,19,20). The molecule has 3 nitrogen and oxygen atoms in total. The SMILES string of the molecule is CNCC1(c2nc(-c3ccc(Br)cc3)c(C)[nH]2)CCC1. The lowest BCUT2D eigenvalue weighted by Crippen LogP contribution is -2.43. The zero-order valence-corrected chi connectivity index (χ0v) is 13.5. The van der Waals surface area contributed by atoms with E-state index in [0.717, 1.165) is 28.2 Å². The molecular weight excluding hydrogens is 314 g/mol. The van der Waals surface area contributed by atoms with E-state index >= 15 is 0 Å². The van der Waals surface area contributed by atoms with Crippen molar-refractivity contribution in [1.82, 2.24) is 15.3 Å². The fraction of sp³-hybridized carbons (Fsp3) is 0.438. The van der Waals surface area contributed by atoms with E-state index in [4.69, 9.17) is 4.98 Å². The summed E-state index contributed by atoms with van der Waals surface area (Å²) in [6.07, 6.45) is 3.75. The van der Waals surface area contributed by atoms with Crippen molar-refractivity contribution in [2.24, 2.45) is 0 Å². The number of hydrogen-bond donors (Lipinski definition) is 2. The predicted octanol–water partition coefficient (Wildman–Crippen LogP) is 3.79. The Kier molecular flexibility index (Phi) is 3.69. The molecule has 0 spiro atoms. The molecule has 1 saturated carbocycles. The zero-order chi connectivity index (χ0) is 14.2. The van der Waals surface area contributed by atoms with Crippen LogP contribution in [0.2, 0.25) is 0 Å². The van der Waals surface area contributed by atoms with Gasteiger partial charge in [0.05, 0.1) is 5.69 Å². The highest BCUT2D eigenvalue weighted by Crippen LogP contribution is 2.42. The molecule has 0 amide bonds. The number of aromatic amines is 1. The number of hydrogen-bond acceptors (Lipinski definition) is 2. The minimum Gasteiger partial charge on any atom is -0.345 e. The average molecular weight is 334 g/mol. The third-order valence-corrected chi connectivity index (χ3v) is 4.86. The molecule has 1 fully saturated rings. The molecule has 106 valence electrons. The molecule has 1 aliphatic rings. The number of rotatable bonds is 4. The summed E-state index contributed by atoms with van der Waals surface area (Å²) >= 11 is 3.48. The molecule has 2 N–H and O–H groups in total. The van der Waals surface area contributed by atoms with Crippen LogP contribution in [0.5, 0.6) is 0 Å². The second kappa shape index (κ2) is 5.34. The van der Waals surface area contributed by atoms with Gasteiger partial charge in [0, 0.05) is 27.7 Å². The number of halogens is 1. The van der Waals surface area contributed by atoms with Crippen molar-refractivity contribution < 1.29 is 0 Å². The van der Waals surface area contributed by atoms with Crippen molar-refractivity contribution in [2.45, 2.75) is 31.6 Å². The van der Waals surface area contributed by atoms with Crippen LogP contribution in [0.25, 0.3) is 11.3 Å². The van der Waals surface area contributed by atoms with Crippen LogP contribution in [-0.2, 0) is 5.41 Å². The zero-order valence-electron chi connectivity index (χ0n) is 12.0. The Morgan fingerprint density at radius 2 is 2.00 bits per heavy atom. The van der Waals surface area contributed by atoms with Gasteiger partial charge < -0.3 is 10.3 Å². The van der Waals surface area contributed by atoms with Gasteiger partial charge in [0.1, 0.15) is 5.82 Å². The number of H-pyrrole nitrogens is 1. The Hall–Kier alpha value is -1.13. The first kappa shape index (κ1) is 13.8. The van der Waals surface area contributed by atoms with Crippen molar-refractivity contribution in [2.75, 3.05) is 13.6 Å². The summed E-state index contributed by atoms with van der Waals surface area (Å²) in [4.78, 5) is 8.43. The molecule has 0 atom stereocenters. The topological polar surface area (TPSA) is 40.7 Å². The molecule has 0 bridgehead atoms. The molecule has 1 aliphatic carbocycles. The second-order valence-corrected chi connectivity index (χ2v) is 6.65. The van der Waals surface area contributed by atoms with Gasteiger partial charge >= 0.3 is 0 Å². The van der Waals surface area contributed by atoms with Crippen LogP contribution >= 0.6 is 15.9 Å². The van der Waals surface area contributed by atoms with Gasteiger partial charge in [-0.15, -0.1) is 0 Å². The molecule has 1 heterocycles. The molecule has 4 heteroatoms. The highest BCUT2D eigenvalue weighted by molar-refractivity contribution is 9.10. The van der Waals surface area contributed by atoms with Crippen LogP contribution in [-0.4, -0.2) is 23.6 Å². The number of aryl methyl sites for hydroxylation is 1. The quantitative estimate of drug-likeness (QED) is 0.893. The highest BCUT2D eigenvalue weighted by Gasteiger charge is 2.41. The van der Waals surface area contributed by atoms with Crippen LogP contribution < -0.4 is 5.32 Å². The molecule has 3 rings (SSSR count). The lowest BCUT2D eigenvalue weighted by Gasteiger charge is -2.40. The van der Waals surface area contributed by atoms with Crippen molar-refractivity contribution in [1.29, 1.82) is 0 Å². The number of likely N-dealkylation sites (N-methyl/N-ethyl adjacent to an activating group) is 1. The van der Waals surface area contributed by atoms with Crippen LogP contribution in [0.15, 0.2) is 28.7 Å². The smallest absolute Gasteiger partial charge is 0.114 e. The number of aromatic nitrogens is 2. The van der Waals surface area contributed by atoms with Crippen molar-refractivity contribution in [3.8, 4) is 11.3 Å². The first-order chi connectivity index (χ1) is 9.64. The van der Waals surface area contributed by atoms with Crippen LogP contribution in [0.1, 0.15) is 30.8 Å². The number of benzene rings is 1. The predicted molar refractivity (Wildman–Crippen MR) is 85.9 cm³/mol. The molecule has 1 aromatic heterocycles. The summed E-state index contributed by atoms with van der Waals surface area (Å²) in [6, 6.07) is 8.36. The maximum atomic E-state index is 4.91. The van der Waals surface area contributed by atoms with E-state index in [-0.39, 0.29) is 5.41 Å². The maximum Gasteiger partial charge on any atom is 0.114 e. The molecule has 2 aromatic rings. The number of imidazole rings is 1. The van der Waals surface area contributed by atoms with E-state index in [2.05, 4.69) is 57.4 Å². The fourth-order valence-corrected chi connectivity index (χ4v) is 3.30. The van der Waals surface area contributed by atoms with E-state index in [0.29, 0.717) is 0 Å². The van der Waals surface area contributed by atoms with Gasteiger partial charge in [-0.3, -0.25) is 0 Å². The van der Waals surface area contributed by atoms with E-state index in [1.54, 1.807) is 0 Å². The third-order valence-electron chi connectivity index (χ3n) is 4.33. The number of nitrogens with one attached hydrogen (secondary N) is 2. The first-order valence-electron chi connectivity index (χ1n) is 7.12. The van der Waals surface area contributed by atoms with E-state index in [1.807, 2.05) is 7.05 Å². The molecule has 0 unspecified atom stereocenters. The summed E-state index contributed by atoms with van der Waals surface area (Å²) in [5.41, 5.74) is 3.62. The summed E-state index contributed by atoms with van der Waals surface area (Å²) in [5.74, 6) is 1.15. The summed E-state index contributed by atoms with van der Waals surface area (Å²) in [6.45, 7) is 3.11. The van der Waals surface area contributed by atoms with Crippen molar-refractivity contribution >= 4 is 15.9 Å². The summed E-state index contributed by atoms with van der Waals surface area (Å²) < 4.78 is 1.10. The van der Waals surface area contributed by atoms with Gasteiger partial charge in [-0.1, -0.05) is 34.5 Å². The fourth-order valence-electron chi connectivity index (χ4n) is 3.04. The highest BCUT2D eigenvalue weighted by atomic mass is 79.9. The van der Waals surface area contributed by atoms with Gasteiger partial charge in [-0.25, -0.2) is 4.98 Å². The summed E-state index contributed by atoms with van der Waals surface area (Å²) in [7, 11) is 2.02. The van der Waals surface area contributed by atoms with Gasteiger partial charge in [-0.2, -0.15) is 0 Å². The molecule has 20 heavy (non-hydrogen) atoms. The van der Waals surface area contributed by atoms with Crippen LogP contribution in [0, 0.1) is 6.92 Å². The molecular formula is C16H20BrN3. The average Bonchev–Trinajstić information content (AvgIpc) is 2.77. The van der Waals surface area contributed by atoms with E-state index in [9.17, 15) is 0 Å². The van der Waals surface area contributed by atoms with Crippen molar-refractivity contribution in [3.63, 3.8) is 0 Å². The molecule has 0 radical (unpaired) electrons. The maximum absolute atomic E-state index is 4.91. The van der Waals surface area contributed by atoms with Gasteiger partial charge in [0.2, 0.25) is 0 Å². The minimum absolute atomic E-state index is 0.215. The Morgan fingerprint density at radius 1 is 1.30 bits per heavy atom. The van der Waals surface area contributed by atoms with E-state index in [1.165, 1.54) is 24.8 Å². The lowest BCUT2D eigenvalue weighted by atomic mass is 9.68. The second-order valence-electron chi connectivity index (χ2n) is 5.73. The third kappa shape index (κ3) is 2.31. The largest absolute Gasteiger partial charge is 0.345 e.